The van der Waals surface area contributed by atoms with Gasteiger partial charge in [-0.25, -0.2) is 0 Å². The van der Waals surface area contributed by atoms with Crippen LogP contribution in [0.25, 0.3) is 0 Å². The van der Waals surface area contributed by atoms with Crippen LogP contribution in [0.4, 0.5) is 0 Å². The maximum Gasteiger partial charge on any atom is 0.309 e. The normalized spacial score (nSPS) is 32.4. The molecule has 78 valence electrons. The molecule has 2 N–H and O–H groups in total. The predicted molar refractivity (Wildman–Crippen MR) is 53.7 cm³/mol. The molecule has 0 spiro atoms. The van der Waals surface area contributed by atoms with Gasteiger partial charge in [0, 0.05) is 6.04 Å². The van der Waals surface area contributed by atoms with Crippen LogP contribution in [0.1, 0.15) is 26.7 Å². The number of hydrogen-bond donors (Lipinski definition) is 1. The molecular weight excluding hydrogens is 190 g/mol. The molecule has 0 aromatic rings. The lowest BCUT2D eigenvalue weighted by Gasteiger charge is -2.12. The minimum atomic E-state index is -0.0713. The largest absolute Gasteiger partial charge is 0.466 e. The van der Waals surface area contributed by atoms with Gasteiger partial charge in [-0.2, -0.15) is 0 Å². The maximum atomic E-state index is 11.3. The predicted octanol–water partition coefficient (Wildman–Crippen LogP) is 1.34. The van der Waals surface area contributed by atoms with Gasteiger partial charge in [-0.1, -0.05) is 6.92 Å². The lowest BCUT2D eigenvalue weighted by atomic mass is 9.99. The van der Waals surface area contributed by atoms with Crippen LogP contribution in [-0.2, 0) is 9.53 Å². The molecule has 0 saturated heterocycles. The van der Waals surface area contributed by atoms with Crippen LogP contribution >= 0.6 is 12.4 Å². The minimum Gasteiger partial charge on any atom is -0.466 e. The van der Waals surface area contributed by atoms with E-state index in [1.165, 1.54) is 0 Å². The number of carbonyl (C=O) groups is 1. The third kappa shape index (κ3) is 3.16. The molecular formula is C9H18ClNO2. The molecule has 3 nitrogen and oxygen atoms in total. The van der Waals surface area contributed by atoms with Crippen LogP contribution in [0.3, 0.4) is 0 Å². The zero-order valence-electron chi connectivity index (χ0n) is 8.16. The van der Waals surface area contributed by atoms with E-state index in [0.29, 0.717) is 12.5 Å². The van der Waals surface area contributed by atoms with Gasteiger partial charge in [0.05, 0.1) is 12.5 Å². The van der Waals surface area contributed by atoms with Crippen molar-refractivity contribution < 1.29 is 9.53 Å². The first kappa shape index (κ1) is 12.7. The number of rotatable bonds is 2. The third-order valence-corrected chi connectivity index (χ3v) is 2.51. The highest BCUT2D eigenvalue weighted by molar-refractivity contribution is 5.85. The summed E-state index contributed by atoms with van der Waals surface area (Å²) in [5, 5.41) is 0. The molecule has 0 amide bonds. The number of halogens is 1. The molecule has 3 atom stereocenters. The van der Waals surface area contributed by atoms with E-state index < -0.39 is 0 Å². The summed E-state index contributed by atoms with van der Waals surface area (Å²) in [5.41, 5.74) is 5.74. The molecule has 0 aromatic carbocycles. The molecule has 1 fully saturated rings. The quantitative estimate of drug-likeness (QED) is 0.696. The van der Waals surface area contributed by atoms with E-state index in [4.69, 9.17) is 10.5 Å². The molecule has 1 rings (SSSR count). The lowest BCUT2D eigenvalue weighted by Crippen LogP contribution is -2.21. The average molecular weight is 208 g/mol. The standard InChI is InChI=1S/C9H17NO2.ClH/c1-3-12-9(11)8-5-7(10)4-6(8)2;/h6-8H,3-5,10H2,1-2H3;1H/t6-,7-,8+;/m0./s1. The van der Waals surface area contributed by atoms with Crippen molar-refractivity contribution in [1.82, 2.24) is 0 Å². The van der Waals surface area contributed by atoms with Crippen molar-refractivity contribution >= 4 is 18.4 Å². The van der Waals surface area contributed by atoms with Crippen molar-refractivity contribution in [2.24, 2.45) is 17.6 Å². The Kier molecular flexibility index (Phi) is 5.33. The second kappa shape index (κ2) is 5.45. The highest BCUT2D eigenvalue weighted by atomic mass is 35.5. The van der Waals surface area contributed by atoms with Crippen LogP contribution in [0.2, 0.25) is 0 Å². The fourth-order valence-electron chi connectivity index (χ4n) is 1.87. The number of carbonyl (C=O) groups excluding carboxylic acids is 1. The molecule has 13 heavy (non-hydrogen) atoms. The molecule has 1 aliphatic rings. The number of hydrogen-bond acceptors (Lipinski definition) is 3. The first-order chi connectivity index (χ1) is 5.65. The summed E-state index contributed by atoms with van der Waals surface area (Å²) in [7, 11) is 0. The van der Waals surface area contributed by atoms with Gasteiger partial charge in [0.2, 0.25) is 0 Å². The molecule has 0 aliphatic heterocycles. The Morgan fingerprint density at radius 1 is 1.54 bits per heavy atom. The smallest absolute Gasteiger partial charge is 0.309 e. The van der Waals surface area contributed by atoms with Gasteiger partial charge in [0.15, 0.2) is 0 Å². The van der Waals surface area contributed by atoms with Crippen LogP contribution in [-0.4, -0.2) is 18.6 Å². The van der Waals surface area contributed by atoms with Crippen LogP contribution in [0.15, 0.2) is 0 Å². The second-order valence-corrected chi connectivity index (χ2v) is 3.57. The Morgan fingerprint density at radius 2 is 2.15 bits per heavy atom. The van der Waals surface area contributed by atoms with Gasteiger partial charge >= 0.3 is 5.97 Å². The van der Waals surface area contributed by atoms with Crippen molar-refractivity contribution in [3.05, 3.63) is 0 Å². The second-order valence-electron chi connectivity index (χ2n) is 3.57. The SMILES string of the molecule is CCOC(=O)[C@@H]1C[C@@H](N)C[C@@H]1C.Cl. The van der Waals surface area contributed by atoms with Crippen molar-refractivity contribution in [3.8, 4) is 0 Å². The van der Waals surface area contributed by atoms with Gasteiger partial charge in [-0.05, 0) is 25.7 Å². The van der Waals surface area contributed by atoms with Gasteiger partial charge in [0.1, 0.15) is 0 Å². The topological polar surface area (TPSA) is 52.3 Å². The van der Waals surface area contributed by atoms with Gasteiger partial charge < -0.3 is 10.5 Å². The van der Waals surface area contributed by atoms with E-state index in [9.17, 15) is 4.79 Å². The van der Waals surface area contributed by atoms with Gasteiger partial charge in [0.25, 0.3) is 0 Å². The lowest BCUT2D eigenvalue weighted by molar-refractivity contribution is -0.149. The highest BCUT2D eigenvalue weighted by Crippen LogP contribution is 2.31. The highest BCUT2D eigenvalue weighted by Gasteiger charge is 2.35. The molecule has 0 bridgehead atoms. The Bertz CT molecular complexity index is 175. The molecule has 0 aromatic heterocycles. The first-order valence-corrected chi connectivity index (χ1v) is 4.57. The summed E-state index contributed by atoms with van der Waals surface area (Å²) in [6, 6.07) is 0.189. The fraction of sp³-hybridized carbons (Fsp3) is 0.889. The third-order valence-electron chi connectivity index (χ3n) is 2.51. The molecule has 4 heteroatoms. The van der Waals surface area contributed by atoms with E-state index in [0.717, 1.165) is 12.8 Å². The van der Waals surface area contributed by atoms with Crippen molar-refractivity contribution in [3.63, 3.8) is 0 Å². The average Bonchev–Trinajstić information content (AvgIpc) is 2.30. The summed E-state index contributed by atoms with van der Waals surface area (Å²) >= 11 is 0. The summed E-state index contributed by atoms with van der Waals surface area (Å²) < 4.78 is 4.95. The van der Waals surface area contributed by atoms with E-state index in [1.54, 1.807) is 0 Å². The van der Waals surface area contributed by atoms with E-state index in [1.807, 2.05) is 6.92 Å². The molecule has 0 radical (unpaired) electrons. The Morgan fingerprint density at radius 3 is 2.54 bits per heavy atom. The summed E-state index contributed by atoms with van der Waals surface area (Å²) in [6.07, 6.45) is 1.74. The van der Waals surface area contributed by atoms with Crippen LogP contribution < -0.4 is 5.73 Å². The molecule has 0 heterocycles. The summed E-state index contributed by atoms with van der Waals surface area (Å²) in [6.45, 7) is 4.36. The van der Waals surface area contributed by atoms with Crippen LogP contribution in [0, 0.1) is 11.8 Å². The Labute approximate surface area is 85.4 Å². The minimum absolute atomic E-state index is 0. The number of esters is 1. The molecule has 1 aliphatic carbocycles. The van der Waals surface area contributed by atoms with Gasteiger partial charge in [-0.3, -0.25) is 4.79 Å². The molecule has 0 unspecified atom stereocenters. The van der Waals surface area contributed by atoms with Crippen molar-refractivity contribution in [2.75, 3.05) is 6.61 Å². The summed E-state index contributed by atoms with van der Waals surface area (Å²) in [5.74, 6) is 0.358. The number of ether oxygens (including phenoxy) is 1. The molecule has 1 saturated carbocycles. The number of nitrogens with two attached hydrogens (primary N) is 1. The maximum absolute atomic E-state index is 11.3. The van der Waals surface area contributed by atoms with E-state index in [-0.39, 0.29) is 30.3 Å². The summed E-state index contributed by atoms with van der Waals surface area (Å²) in [4.78, 5) is 11.3. The zero-order chi connectivity index (χ0) is 9.14. The van der Waals surface area contributed by atoms with Crippen molar-refractivity contribution in [2.45, 2.75) is 32.7 Å². The van der Waals surface area contributed by atoms with Crippen molar-refractivity contribution in [1.29, 1.82) is 0 Å². The van der Waals surface area contributed by atoms with Gasteiger partial charge in [-0.15, -0.1) is 12.4 Å². The monoisotopic (exact) mass is 207 g/mol. The Balaban J connectivity index is 0.00000144. The fourth-order valence-corrected chi connectivity index (χ4v) is 1.87. The van der Waals surface area contributed by atoms with E-state index in [2.05, 4.69) is 6.92 Å². The Hall–Kier alpha value is -0.280. The van der Waals surface area contributed by atoms with Crippen LogP contribution in [0.5, 0.6) is 0 Å². The zero-order valence-corrected chi connectivity index (χ0v) is 8.97. The first-order valence-electron chi connectivity index (χ1n) is 4.57. The van der Waals surface area contributed by atoms with E-state index >= 15 is 0 Å².